The van der Waals surface area contributed by atoms with Crippen LogP contribution in [-0.2, 0) is 0 Å². The van der Waals surface area contributed by atoms with Gasteiger partial charge in [0.25, 0.3) is 0 Å². The molecule has 1 heterocycles. The van der Waals surface area contributed by atoms with Crippen molar-refractivity contribution in [2.75, 3.05) is 5.73 Å². The Morgan fingerprint density at radius 1 is 0.875 bits per heavy atom. The molecule has 2 N–H and O–H groups in total. The molecule has 2 aromatic carbocycles. The van der Waals surface area contributed by atoms with Gasteiger partial charge < -0.3 is 10.2 Å². The van der Waals surface area contributed by atoms with Crippen LogP contribution in [0, 0.1) is 27.7 Å². The third-order valence-electron chi connectivity index (χ3n) is 5.04. The van der Waals surface area contributed by atoms with Crippen molar-refractivity contribution in [3.8, 4) is 11.1 Å². The maximum absolute atomic E-state index is 6.33. The van der Waals surface area contributed by atoms with E-state index in [1.165, 1.54) is 16.7 Å². The zero-order valence-electron chi connectivity index (χ0n) is 15.3. The number of hydrogen-bond acceptors (Lipinski definition) is 2. The molecule has 2 nitrogen and oxygen atoms in total. The average molecular weight is 344 g/mol. The maximum atomic E-state index is 6.33. The van der Waals surface area contributed by atoms with Crippen molar-refractivity contribution in [2.24, 2.45) is 0 Å². The smallest absolute Gasteiger partial charge is 0.138 e. The summed E-state index contributed by atoms with van der Waals surface area (Å²) in [5.41, 5.74) is 15.2. The first-order valence-corrected chi connectivity index (χ1v) is 8.21. The molecule has 24 heavy (non-hydrogen) atoms. The Balaban J connectivity index is 0.00000208. The number of fused-ring (bicyclic) bond motifs is 1. The minimum atomic E-state index is 0. The molecule has 128 valence electrons. The summed E-state index contributed by atoms with van der Waals surface area (Å²) in [4.78, 5) is 0. The molecular formula is C21H26ClNO. The Hall–Kier alpha value is -1.93. The SMILES string of the molecule is Cc1oc2c(C)c(C)c(N)c(C)c2c1-c1ccc(C(C)C)cc1.Cl. The number of benzene rings is 2. The van der Waals surface area contributed by atoms with Gasteiger partial charge in [-0.15, -0.1) is 12.4 Å². The molecule has 0 unspecified atom stereocenters. The molecule has 0 saturated heterocycles. The first-order chi connectivity index (χ1) is 10.8. The first-order valence-electron chi connectivity index (χ1n) is 8.21. The predicted octanol–water partition coefficient (Wildman–Crippen LogP) is 6.46. The molecule has 0 aliphatic carbocycles. The highest BCUT2D eigenvalue weighted by Crippen LogP contribution is 2.41. The summed E-state index contributed by atoms with van der Waals surface area (Å²) >= 11 is 0. The van der Waals surface area contributed by atoms with Gasteiger partial charge in [0.05, 0.1) is 0 Å². The van der Waals surface area contributed by atoms with E-state index >= 15 is 0 Å². The third kappa shape index (κ3) is 2.69. The van der Waals surface area contributed by atoms with Crippen LogP contribution in [0.25, 0.3) is 22.1 Å². The van der Waals surface area contributed by atoms with Crippen LogP contribution in [0.4, 0.5) is 5.69 Å². The molecule has 0 saturated carbocycles. The number of hydrogen-bond donors (Lipinski definition) is 1. The van der Waals surface area contributed by atoms with E-state index in [-0.39, 0.29) is 12.4 Å². The van der Waals surface area contributed by atoms with Crippen molar-refractivity contribution < 1.29 is 4.42 Å². The highest BCUT2D eigenvalue weighted by molar-refractivity contribution is 6.02. The predicted molar refractivity (Wildman–Crippen MR) is 106 cm³/mol. The standard InChI is InChI=1S/C21H25NO.ClH/c1-11(2)16-7-9-17(10-8-16)19-15(6)23-21-13(4)12(3)20(22)14(5)18(19)21;/h7-11H,22H2,1-6H3;1H. The molecule has 0 spiro atoms. The largest absolute Gasteiger partial charge is 0.460 e. The lowest BCUT2D eigenvalue weighted by Crippen LogP contribution is -1.97. The monoisotopic (exact) mass is 343 g/mol. The summed E-state index contributed by atoms with van der Waals surface area (Å²) in [6, 6.07) is 8.80. The molecule has 0 aliphatic heterocycles. The van der Waals surface area contributed by atoms with Crippen LogP contribution in [0.1, 0.15) is 47.8 Å². The Bertz CT molecular complexity index is 889. The zero-order chi connectivity index (χ0) is 16.9. The molecule has 0 radical (unpaired) electrons. The van der Waals surface area contributed by atoms with Crippen LogP contribution in [-0.4, -0.2) is 0 Å². The molecule has 1 aromatic heterocycles. The fraction of sp³-hybridized carbons (Fsp3) is 0.333. The Morgan fingerprint density at radius 3 is 2.00 bits per heavy atom. The lowest BCUT2D eigenvalue weighted by atomic mass is 9.93. The maximum Gasteiger partial charge on any atom is 0.138 e. The fourth-order valence-corrected chi connectivity index (χ4v) is 3.34. The molecular weight excluding hydrogens is 318 g/mol. The van der Waals surface area contributed by atoms with Crippen molar-refractivity contribution in [2.45, 2.75) is 47.5 Å². The number of aryl methyl sites for hydroxylation is 3. The van der Waals surface area contributed by atoms with Gasteiger partial charge in [-0.2, -0.15) is 0 Å². The summed E-state index contributed by atoms with van der Waals surface area (Å²) in [6.45, 7) is 12.7. The van der Waals surface area contributed by atoms with Crippen molar-refractivity contribution in [3.05, 3.63) is 52.3 Å². The van der Waals surface area contributed by atoms with Crippen LogP contribution in [0.3, 0.4) is 0 Å². The van der Waals surface area contributed by atoms with Gasteiger partial charge >= 0.3 is 0 Å². The third-order valence-corrected chi connectivity index (χ3v) is 5.04. The summed E-state index contributed by atoms with van der Waals surface area (Å²) in [5.74, 6) is 1.49. The van der Waals surface area contributed by atoms with Gasteiger partial charge in [-0.3, -0.25) is 0 Å². The van der Waals surface area contributed by atoms with Crippen molar-refractivity contribution in [3.63, 3.8) is 0 Å². The van der Waals surface area contributed by atoms with E-state index in [2.05, 4.69) is 58.9 Å². The number of nitrogens with two attached hydrogens (primary N) is 1. The van der Waals surface area contributed by atoms with Gasteiger partial charge in [0.1, 0.15) is 11.3 Å². The average Bonchev–Trinajstić information content (AvgIpc) is 2.88. The normalized spacial score (nSPS) is 11.1. The summed E-state index contributed by atoms with van der Waals surface area (Å²) < 4.78 is 6.12. The Labute approximate surface area is 150 Å². The molecule has 0 amide bonds. The number of nitrogen functional groups attached to an aromatic ring is 1. The van der Waals surface area contributed by atoms with E-state index in [4.69, 9.17) is 10.2 Å². The van der Waals surface area contributed by atoms with E-state index < -0.39 is 0 Å². The molecule has 3 heteroatoms. The van der Waals surface area contributed by atoms with E-state index in [1.54, 1.807) is 0 Å². The van der Waals surface area contributed by atoms with Gasteiger partial charge in [-0.05, 0) is 61.4 Å². The highest BCUT2D eigenvalue weighted by Gasteiger charge is 2.20. The first kappa shape index (κ1) is 18.4. The molecule has 0 aliphatic rings. The topological polar surface area (TPSA) is 39.2 Å². The summed E-state index contributed by atoms with van der Waals surface area (Å²) in [7, 11) is 0. The van der Waals surface area contributed by atoms with E-state index in [9.17, 15) is 0 Å². The van der Waals surface area contributed by atoms with Crippen LogP contribution in [0.5, 0.6) is 0 Å². The Kier molecular flexibility index (Phi) is 5.00. The van der Waals surface area contributed by atoms with Crippen molar-refractivity contribution in [1.82, 2.24) is 0 Å². The van der Waals surface area contributed by atoms with Crippen molar-refractivity contribution in [1.29, 1.82) is 0 Å². The van der Waals surface area contributed by atoms with E-state index in [0.29, 0.717) is 5.92 Å². The minimum Gasteiger partial charge on any atom is -0.460 e. The van der Waals surface area contributed by atoms with Gasteiger partial charge in [0.2, 0.25) is 0 Å². The van der Waals surface area contributed by atoms with Crippen molar-refractivity contribution >= 4 is 29.1 Å². The van der Waals surface area contributed by atoms with Crippen LogP contribution < -0.4 is 5.73 Å². The van der Waals surface area contributed by atoms with Crippen LogP contribution in [0.2, 0.25) is 0 Å². The number of anilines is 1. The molecule has 3 rings (SSSR count). The quantitative estimate of drug-likeness (QED) is 0.542. The molecule has 0 bridgehead atoms. The number of rotatable bonds is 2. The van der Waals surface area contributed by atoms with Gasteiger partial charge in [0, 0.05) is 16.6 Å². The number of furan rings is 1. The number of halogens is 1. The second kappa shape index (κ2) is 6.52. The van der Waals surface area contributed by atoms with Gasteiger partial charge in [-0.25, -0.2) is 0 Å². The lowest BCUT2D eigenvalue weighted by Gasteiger charge is -2.11. The van der Waals surface area contributed by atoms with Gasteiger partial charge in [0.15, 0.2) is 0 Å². The molecule has 0 fully saturated rings. The Morgan fingerprint density at radius 2 is 1.46 bits per heavy atom. The van der Waals surface area contributed by atoms with Gasteiger partial charge in [-0.1, -0.05) is 38.1 Å². The van der Waals surface area contributed by atoms with Crippen LogP contribution in [0.15, 0.2) is 28.7 Å². The summed E-state index contributed by atoms with van der Waals surface area (Å²) in [6.07, 6.45) is 0. The fourth-order valence-electron chi connectivity index (χ4n) is 3.34. The lowest BCUT2D eigenvalue weighted by molar-refractivity contribution is 0.577. The van der Waals surface area contributed by atoms with E-state index in [1.807, 2.05) is 6.92 Å². The second-order valence-electron chi connectivity index (χ2n) is 6.80. The molecule has 0 atom stereocenters. The minimum absolute atomic E-state index is 0. The zero-order valence-corrected chi connectivity index (χ0v) is 16.1. The second-order valence-corrected chi connectivity index (χ2v) is 6.80. The molecule has 3 aromatic rings. The van der Waals surface area contributed by atoms with Crippen LogP contribution >= 0.6 is 12.4 Å². The highest BCUT2D eigenvalue weighted by atomic mass is 35.5. The van der Waals surface area contributed by atoms with E-state index in [0.717, 1.165) is 39.1 Å². The summed E-state index contributed by atoms with van der Waals surface area (Å²) in [5, 5.41) is 1.15.